The van der Waals surface area contributed by atoms with E-state index in [2.05, 4.69) is 44.9 Å². The highest BCUT2D eigenvalue weighted by Gasteiger charge is 2.20. The Hall–Kier alpha value is -2.77. The third-order valence-corrected chi connectivity index (χ3v) is 6.68. The molecule has 0 N–H and O–H groups in total. The summed E-state index contributed by atoms with van der Waals surface area (Å²) in [4.78, 5) is 21.7. The van der Waals surface area contributed by atoms with E-state index in [1.165, 1.54) is 5.56 Å². The van der Waals surface area contributed by atoms with Gasteiger partial charge in [-0.05, 0) is 24.1 Å². The molecule has 1 aromatic heterocycles. The van der Waals surface area contributed by atoms with Crippen LogP contribution in [0.5, 0.6) is 5.75 Å². The molecule has 0 saturated carbocycles. The number of carbonyl (C=O) groups excluding carboxylic acids is 1. The van der Waals surface area contributed by atoms with Crippen molar-refractivity contribution in [2.24, 2.45) is 0 Å². The molecule has 0 aliphatic carbocycles. The van der Waals surface area contributed by atoms with Gasteiger partial charge >= 0.3 is 0 Å². The van der Waals surface area contributed by atoms with Gasteiger partial charge < -0.3 is 14.2 Å². The quantitative estimate of drug-likeness (QED) is 0.428. The first kappa shape index (κ1) is 23.4. The van der Waals surface area contributed by atoms with Crippen LogP contribution in [0.25, 0.3) is 0 Å². The van der Waals surface area contributed by atoms with Gasteiger partial charge in [-0.2, -0.15) is 0 Å². The summed E-state index contributed by atoms with van der Waals surface area (Å²) in [5.41, 5.74) is 1.27. The molecule has 4 rings (SSSR count). The second-order valence-corrected chi connectivity index (χ2v) is 9.29. The van der Waals surface area contributed by atoms with Crippen molar-refractivity contribution in [1.82, 2.24) is 19.4 Å². The average molecular weight is 465 g/mol. The van der Waals surface area contributed by atoms with Crippen molar-refractivity contribution in [3.05, 3.63) is 84.4 Å². The van der Waals surface area contributed by atoms with E-state index in [1.807, 2.05) is 47.5 Å². The summed E-state index contributed by atoms with van der Waals surface area (Å²) in [6, 6.07) is 20.3. The number of benzene rings is 2. The number of rotatable bonds is 10. The van der Waals surface area contributed by atoms with Crippen LogP contribution in [-0.4, -0.2) is 69.5 Å². The first-order valence-corrected chi connectivity index (χ1v) is 12.7. The third-order valence-electron chi connectivity index (χ3n) is 5.77. The number of thioether (sulfide) groups is 1. The largest absolute Gasteiger partial charge is 0.493 e. The standard InChI is InChI=1S/C26H32N4O2S/c31-26(22-33-19-18-32-24-10-5-2-6-11-24)29-14-7-13-28(16-17-29)21-25-27-12-15-30(25)20-23-8-3-1-4-9-23/h1-6,8-12,15H,7,13-14,16-22H2. The molecule has 1 saturated heterocycles. The van der Waals surface area contributed by atoms with E-state index in [1.54, 1.807) is 11.8 Å². The van der Waals surface area contributed by atoms with E-state index < -0.39 is 0 Å². The van der Waals surface area contributed by atoms with Gasteiger partial charge in [0.1, 0.15) is 11.6 Å². The van der Waals surface area contributed by atoms with Crippen molar-refractivity contribution >= 4 is 17.7 Å². The van der Waals surface area contributed by atoms with Crippen LogP contribution in [0.15, 0.2) is 73.1 Å². The molecular formula is C26H32N4O2S. The lowest BCUT2D eigenvalue weighted by molar-refractivity contribution is -0.128. The van der Waals surface area contributed by atoms with Gasteiger partial charge in [0.15, 0.2) is 0 Å². The maximum Gasteiger partial charge on any atom is 0.232 e. The SMILES string of the molecule is O=C(CSCCOc1ccccc1)N1CCCN(Cc2nccn2Cc2ccccc2)CC1. The van der Waals surface area contributed by atoms with Gasteiger partial charge in [-0.25, -0.2) is 4.98 Å². The number of imidazole rings is 1. The molecule has 174 valence electrons. The number of amides is 1. The lowest BCUT2D eigenvalue weighted by Crippen LogP contribution is -2.36. The van der Waals surface area contributed by atoms with Crippen LogP contribution >= 0.6 is 11.8 Å². The van der Waals surface area contributed by atoms with E-state index in [0.29, 0.717) is 12.4 Å². The van der Waals surface area contributed by atoms with Crippen molar-refractivity contribution in [2.75, 3.05) is 44.3 Å². The van der Waals surface area contributed by atoms with Gasteiger partial charge in [0, 0.05) is 50.9 Å². The summed E-state index contributed by atoms with van der Waals surface area (Å²) in [6.45, 7) is 5.73. The Morgan fingerprint density at radius 3 is 2.55 bits per heavy atom. The Morgan fingerprint density at radius 1 is 0.939 bits per heavy atom. The molecule has 1 amide bonds. The van der Waals surface area contributed by atoms with Crippen LogP contribution in [0, 0.1) is 0 Å². The summed E-state index contributed by atoms with van der Waals surface area (Å²) in [5.74, 6) is 3.51. The summed E-state index contributed by atoms with van der Waals surface area (Å²) < 4.78 is 7.92. The summed E-state index contributed by atoms with van der Waals surface area (Å²) in [7, 11) is 0. The minimum absolute atomic E-state index is 0.229. The first-order chi connectivity index (χ1) is 16.3. The number of aromatic nitrogens is 2. The highest BCUT2D eigenvalue weighted by Crippen LogP contribution is 2.13. The Labute approximate surface area is 200 Å². The van der Waals surface area contributed by atoms with Gasteiger partial charge in [-0.1, -0.05) is 48.5 Å². The zero-order chi connectivity index (χ0) is 22.7. The second-order valence-electron chi connectivity index (χ2n) is 8.18. The molecule has 0 spiro atoms. The molecule has 0 bridgehead atoms. The van der Waals surface area contributed by atoms with E-state index >= 15 is 0 Å². The molecule has 0 unspecified atom stereocenters. The number of para-hydroxylation sites is 1. The fourth-order valence-electron chi connectivity index (χ4n) is 3.98. The van der Waals surface area contributed by atoms with Crippen molar-refractivity contribution in [2.45, 2.75) is 19.5 Å². The lowest BCUT2D eigenvalue weighted by atomic mass is 10.2. The predicted molar refractivity (Wildman–Crippen MR) is 134 cm³/mol. The molecule has 6 nitrogen and oxygen atoms in total. The fraction of sp³-hybridized carbons (Fsp3) is 0.385. The topological polar surface area (TPSA) is 50.6 Å². The third kappa shape index (κ3) is 7.37. The molecule has 2 heterocycles. The van der Waals surface area contributed by atoms with Crippen molar-refractivity contribution < 1.29 is 9.53 Å². The number of nitrogens with zero attached hydrogens (tertiary/aromatic N) is 4. The molecule has 2 aromatic carbocycles. The van der Waals surface area contributed by atoms with Gasteiger partial charge in [0.25, 0.3) is 0 Å². The molecule has 0 atom stereocenters. The van der Waals surface area contributed by atoms with E-state index in [0.717, 1.165) is 63.0 Å². The maximum atomic E-state index is 12.7. The van der Waals surface area contributed by atoms with Crippen LogP contribution in [-0.2, 0) is 17.9 Å². The van der Waals surface area contributed by atoms with E-state index in [9.17, 15) is 4.79 Å². The smallest absolute Gasteiger partial charge is 0.232 e. The maximum absolute atomic E-state index is 12.7. The molecule has 1 aliphatic heterocycles. The lowest BCUT2D eigenvalue weighted by Gasteiger charge is -2.22. The van der Waals surface area contributed by atoms with Crippen LogP contribution in [0.3, 0.4) is 0 Å². The van der Waals surface area contributed by atoms with Crippen LogP contribution in [0.4, 0.5) is 0 Å². The van der Waals surface area contributed by atoms with Gasteiger partial charge in [0.2, 0.25) is 5.91 Å². The Balaban J connectivity index is 1.18. The monoisotopic (exact) mass is 464 g/mol. The minimum Gasteiger partial charge on any atom is -0.493 e. The van der Waals surface area contributed by atoms with Crippen molar-refractivity contribution in [3.8, 4) is 5.75 Å². The zero-order valence-electron chi connectivity index (χ0n) is 19.0. The van der Waals surface area contributed by atoms with Gasteiger partial charge in [0.05, 0.1) is 18.9 Å². The minimum atomic E-state index is 0.229. The van der Waals surface area contributed by atoms with Crippen molar-refractivity contribution in [3.63, 3.8) is 0 Å². The molecule has 3 aromatic rings. The number of hydrogen-bond donors (Lipinski definition) is 0. The predicted octanol–water partition coefficient (Wildman–Crippen LogP) is 3.78. The van der Waals surface area contributed by atoms with Gasteiger partial charge in [-0.15, -0.1) is 11.8 Å². The fourth-order valence-corrected chi connectivity index (χ4v) is 4.68. The zero-order valence-corrected chi connectivity index (χ0v) is 19.8. The summed E-state index contributed by atoms with van der Waals surface area (Å²) >= 11 is 1.65. The van der Waals surface area contributed by atoms with Crippen LogP contribution in [0.1, 0.15) is 17.8 Å². The van der Waals surface area contributed by atoms with Crippen LogP contribution < -0.4 is 4.74 Å². The Morgan fingerprint density at radius 2 is 1.73 bits per heavy atom. The number of ether oxygens (including phenoxy) is 1. The molecular weight excluding hydrogens is 432 g/mol. The molecule has 0 radical (unpaired) electrons. The summed E-state index contributed by atoms with van der Waals surface area (Å²) in [6.07, 6.45) is 4.92. The second kappa shape index (κ2) is 12.5. The van der Waals surface area contributed by atoms with Crippen LogP contribution in [0.2, 0.25) is 0 Å². The normalized spacial score (nSPS) is 14.7. The molecule has 1 fully saturated rings. The van der Waals surface area contributed by atoms with E-state index in [4.69, 9.17) is 4.74 Å². The highest BCUT2D eigenvalue weighted by molar-refractivity contribution is 7.99. The average Bonchev–Trinajstić information content (AvgIpc) is 3.13. The molecule has 1 aliphatic rings. The highest BCUT2D eigenvalue weighted by atomic mass is 32.2. The Bertz CT molecular complexity index is 980. The van der Waals surface area contributed by atoms with E-state index in [-0.39, 0.29) is 5.91 Å². The van der Waals surface area contributed by atoms with Crippen molar-refractivity contribution in [1.29, 1.82) is 0 Å². The molecule has 33 heavy (non-hydrogen) atoms. The summed E-state index contributed by atoms with van der Waals surface area (Å²) in [5, 5.41) is 0. The number of hydrogen-bond acceptors (Lipinski definition) is 5. The first-order valence-electron chi connectivity index (χ1n) is 11.6. The van der Waals surface area contributed by atoms with Gasteiger partial charge in [-0.3, -0.25) is 9.69 Å². The number of carbonyl (C=O) groups is 1. The Kier molecular flexibility index (Phi) is 8.83. The molecule has 7 heteroatoms.